The van der Waals surface area contributed by atoms with Gasteiger partial charge in [-0.25, -0.2) is 4.79 Å². The molecule has 4 nitrogen and oxygen atoms in total. The zero-order valence-electron chi connectivity index (χ0n) is 12.7. The van der Waals surface area contributed by atoms with Gasteiger partial charge >= 0.3 is 5.97 Å². The maximum atomic E-state index is 12.4. The second-order valence-corrected chi connectivity index (χ2v) is 5.92. The Kier molecular flexibility index (Phi) is 5.83. The van der Waals surface area contributed by atoms with Crippen molar-refractivity contribution in [3.05, 3.63) is 42.5 Å². The smallest absolute Gasteiger partial charge is 0.334 e. The first-order valence-corrected chi connectivity index (χ1v) is 8.46. The summed E-state index contributed by atoms with van der Waals surface area (Å²) in [5.74, 6) is 0.624. The standard InChI is InChI=1S/C17H19NO3S/c1-12(19)18-15(10-11-22-2)17(20)21-16-9-5-7-13-6-3-4-8-14(13)16/h3-9,15H,10-11H2,1-2H3,(H,18,19). The molecule has 0 aliphatic rings. The minimum absolute atomic E-state index is 0.235. The lowest BCUT2D eigenvalue weighted by Gasteiger charge is -2.17. The predicted octanol–water partition coefficient (Wildman–Crippen LogP) is 3.00. The highest BCUT2D eigenvalue weighted by molar-refractivity contribution is 7.98. The van der Waals surface area contributed by atoms with Gasteiger partial charge in [0.05, 0.1) is 0 Å². The number of carbonyl (C=O) groups is 2. The Balaban J connectivity index is 2.18. The number of thioether (sulfide) groups is 1. The van der Waals surface area contributed by atoms with Gasteiger partial charge in [-0.3, -0.25) is 4.79 Å². The summed E-state index contributed by atoms with van der Waals surface area (Å²) in [6.07, 6.45) is 2.51. The van der Waals surface area contributed by atoms with Crippen molar-refractivity contribution in [3.63, 3.8) is 0 Å². The summed E-state index contributed by atoms with van der Waals surface area (Å²) < 4.78 is 5.52. The number of rotatable bonds is 6. The van der Waals surface area contributed by atoms with Crippen LogP contribution in [-0.4, -0.2) is 29.9 Å². The van der Waals surface area contributed by atoms with Crippen molar-refractivity contribution in [3.8, 4) is 5.75 Å². The Hall–Kier alpha value is -2.01. The Morgan fingerprint density at radius 3 is 2.64 bits per heavy atom. The van der Waals surface area contributed by atoms with Crippen LogP contribution in [0, 0.1) is 0 Å². The van der Waals surface area contributed by atoms with Crippen LogP contribution < -0.4 is 10.1 Å². The molecular weight excluding hydrogens is 298 g/mol. The first kappa shape index (κ1) is 16.4. The molecule has 0 heterocycles. The number of esters is 1. The van der Waals surface area contributed by atoms with E-state index in [4.69, 9.17) is 4.74 Å². The van der Waals surface area contributed by atoms with Crippen molar-refractivity contribution >= 4 is 34.4 Å². The molecule has 0 radical (unpaired) electrons. The van der Waals surface area contributed by atoms with Gasteiger partial charge in [0.25, 0.3) is 0 Å². The molecule has 1 atom stereocenters. The third-order valence-electron chi connectivity index (χ3n) is 3.23. The van der Waals surface area contributed by atoms with Gasteiger partial charge in [-0.15, -0.1) is 0 Å². The molecule has 1 N–H and O–H groups in total. The second kappa shape index (κ2) is 7.84. The summed E-state index contributed by atoms with van der Waals surface area (Å²) in [5.41, 5.74) is 0. The third-order valence-corrected chi connectivity index (χ3v) is 3.88. The van der Waals surface area contributed by atoms with Crippen LogP contribution in [0.5, 0.6) is 5.75 Å². The molecule has 0 bridgehead atoms. The average molecular weight is 317 g/mol. The molecule has 0 aliphatic carbocycles. The predicted molar refractivity (Wildman–Crippen MR) is 90.2 cm³/mol. The van der Waals surface area contributed by atoms with E-state index in [1.165, 1.54) is 6.92 Å². The van der Waals surface area contributed by atoms with Crippen LogP contribution in [0.4, 0.5) is 0 Å². The molecule has 0 saturated carbocycles. The number of ether oxygens (including phenoxy) is 1. The van der Waals surface area contributed by atoms with Crippen LogP contribution in [0.3, 0.4) is 0 Å². The van der Waals surface area contributed by atoms with Crippen molar-refractivity contribution in [2.45, 2.75) is 19.4 Å². The number of hydrogen-bond acceptors (Lipinski definition) is 4. The first-order chi connectivity index (χ1) is 10.6. The maximum absolute atomic E-state index is 12.4. The molecule has 0 saturated heterocycles. The van der Waals surface area contributed by atoms with Gasteiger partial charge in [0.15, 0.2) is 0 Å². The summed E-state index contributed by atoms with van der Waals surface area (Å²) in [4.78, 5) is 23.6. The van der Waals surface area contributed by atoms with Gasteiger partial charge in [-0.05, 0) is 29.9 Å². The van der Waals surface area contributed by atoms with Crippen LogP contribution in [0.25, 0.3) is 10.8 Å². The highest BCUT2D eigenvalue weighted by Crippen LogP contribution is 2.25. The SMILES string of the molecule is CSCCC(NC(C)=O)C(=O)Oc1cccc2ccccc12. The van der Waals surface area contributed by atoms with Crippen LogP contribution in [0.15, 0.2) is 42.5 Å². The zero-order valence-corrected chi connectivity index (χ0v) is 13.5. The number of nitrogens with one attached hydrogen (secondary N) is 1. The second-order valence-electron chi connectivity index (χ2n) is 4.93. The Labute approximate surface area is 134 Å². The van der Waals surface area contributed by atoms with Gasteiger partial charge in [0.1, 0.15) is 11.8 Å². The van der Waals surface area contributed by atoms with E-state index in [9.17, 15) is 9.59 Å². The van der Waals surface area contributed by atoms with Crippen molar-refractivity contribution < 1.29 is 14.3 Å². The van der Waals surface area contributed by atoms with Crippen molar-refractivity contribution in [1.82, 2.24) is 5.32 Å². The molecular formula is C17H19NO3S. The van der Waals surface area contributed by atoms with Gasteiger partial charge in [0.2, 0.25) is 5.91 Å². The number of fused-ring (bicyclic) bond motifs is 1. The van der Waals surface area contributed by atoms with Crippen LogP contribution in [0.1, 0.15) is 13.3 Å². The first-order valence-electron chi connectivity index (χ1n) is 7.07. The number of benzene rings is 2. The van der Waals surface area contributed by atoms with Crippen molar-refractivity contribution in [2.24, 2.45) is 0 Å². The van der Waals surface area contributed by atoms with E-state index in [1.54, 1.807) is 17.8 Å². The van der Waals surface area contributed by atoms with Gasteiger partial charge in [0, 0.05) is 12.3 Å². The van der Waals surface area contributed by atoms with Crippen molar-refractivity contribution in [1.29, 1.82) is 0 Å². The summed E-state index contributed by atoms with van der Waals surface area (Å²) in [5, 5.41) is 4.54. The van der Waals surface area contributed by atoms with Crippen LogP contribution >= 0.6 is 11.8 Å². The minimum Gasteiger partial charge on any atom is -0.424 e. The van der Waals surface area contributed by atoms with Crippen molar-refractivity contribution in [2.75, 3.05) is 12.0 Å². The number of carbonyl (C=O) groups excluding carboxylic acids is 2. The zero-order chi connectivity index (χ0) is 15.9. The average Bonchev–Trinajstić information content (AvgIpc) is 2.51. The minimum atomic E-state index is -0.621. The maximum Gasteiger partial charge on any atom is 0.334 e. The highest BCUT2D eigenvalue weighted by Gasteiger charge is 2.21. The molecule has 22 heavy (non-hydrogen) atoms. The van der Waals surface area contributed by atoms with E-state index in [-0.39, 0.29) is 5.91 Å². The Morgan fingerprint density at radius 2 is 1.91 bits per heavy atom. The van der Waals surface area contributed by atoms with Gasteiger partial charge in [-0.2, -0.15) is 11.8 Å². The highest BCUT2D eigenvalue weighted by atomic mass is 32.2. The monoisotopic (exact) mass is 317 g/mol. The summed E-state index contributed by atoms with van der Waals surface area (Å²) in [6, 6.07) is 12.7. The van der Waals surface area contributed by atoms with Gasteiger partial charge < -0.3 is 10.1 Å². The normalized spacial score (nSPS) is 11.9. The molecule has 116 valence electrons. The van der Waals surface area contributed by atoms with E-state index in [0.717, 1.165) is 16.5 Å². The molecule has 0 aromatic heterocycles. The molecule has 1 amide bonds. The number of amides is 1. The van der Waals surface area contributed by atoms with E-state index in [0.29, 0.717) is 12.2 Å². The molecule has 2 aromatic carbocycles. The fourth-order valence-corrected chi connectivity index (χ4v) is 2.67. The molecule has 1 unspecified atom stereocenters. The lowest BCUT2D eigenvalue weighted by Crippen LogP contribution is -2.42. The van der Waals surface area contributed by atoms with E-state index in [2.05, 4.69) is 5.32 Å². The summed E-state index contributed by atoms with van der Waals surface area (Å²) in [6.45, 7) is 1.40. The molecule has 0 spiro atoms. The fourth-order valence-electron chi connectivity index (χ4n) is 2.19. The molecule has 5 heteroatoms. The molecule has 2 aromatic rings. The van der Waals surface area contributed by atoms with E-state index in [1.807, 2.05) is 42.7 Å². The molecule has 0 fully saturated rings. The third kappa shape index (κ3) is 4.24. The van der Waals surface area contributed by atoms with Gasteiger partial charge in [-0.1, -0.05) is 36.4 Å². The lowest BCUT2D eigenvalue weighted by molar-refractivity contribution is -0.139. The fraction of sp³-hybridized carbons (Fsp3) is 0.294. The Morgan fingerprint density at radius 1 is 1.18 bits per heavy atom. The van der Waals surface area contributed by atoms with E-state index < -0.39 is 12.0 Å². The lowest BCUT2D eigenvalue weighted by atomic mass is 10.1. The topological polar surface area (TPSA) is 55.4 Å². The molecule has 0 aliphatic heterocycles. The quantitative estimate of drug-likeness (QED) is 0.657. The largest absolute Gasteiger partial charge is 0.424 e. The molecule has 2 rings (SSSR count). The summed E-state index contributed by atoms with van der Waals surface area (Å²) >= 11 is 1.62. The number of hydrogen-bond donors (Lipinski definition) is 1. The Bertz CT molecular complexity index is 667. The summed E-state index contributed by atoms with van der Waals surface area (Å²) in [7, 11) is 0. The van der Waals surface area contributed by atoms with Crippen LogP contribution in [-0.2, 0) is 9.59 Å². The van der Waals surface area contributed by atoms with Crippen LogP contribution in [0.2, 0.25) is 0 Å². The van der Waals surface area contributed by atoms with E-state index >= 15 is 0 Å².